The van der Waals surface area contributed by atoms with Gasteiger partial charge >= 0.3 is 0 Å². The fraction of sp³-hybridized carbons (Fsp3) is 0.400. The summed E-state index contributed by atoms with van der Waals surface area (Å²) < 4.78 is 1.25. The summed E-state index contributed by atoms with van der Waals surface area (Å²) in [5.41, 5.74) is 0.698. The molecular weight excluding hydrogens is 242 g/mol. The molecule has 1 heterocycles. The average molecular weight is 261 g/mol. The van der Waals surface area contributed by atoms with Crippen LogP contribution in [0, 0.1) is 0 Å². The third-order valence-corrected chi connectivity index (χ3v) is 4.24. The first kappa shape index (κ1) is 13.2. The first-order valence-corrected chi connectivity index (χ1v) is 7.16. The van der Waals surface area contributed by atoms with Crippen LogP contribution in [0.5, 0.6) is 0 Å². The van der Waals surface area contributed by atoms with Gasteiger partial charge in [-0.15, -0.1) is 11.3 Å². The van der Waals surface area contributed by atoms with Crippen LogP contribution in [0.2, 0.25) is 0 Å². The number of hydrogen-bond donors (Lipinski definition) is 1. The molecule has 0 atom stereocenters. The van der Waals surface area contributed by atoms with Crippen molar-refractivity contribution < 1.29 is 4.79 Å². The molecule has 0 aliphatic carbocycles. The maximum atomic E-state index is 12.3. The van der Waals surface area contributed by atoms with Crippen molar-refractivity contribution in [2.24, 2.45) is 0 Å². The molecular formula is C15H19NOS. The van der Waals surface area contributed by atoms with Crippen LogP contribution >= 0.6 is 11.3 Å². The molecule has 0 aliphatic heterocycles. The fourth-order valence-electron chi connectivity index (χ4n) is 2.10. The van der Waals surface area contributed by atoms with Crippen LogP contribution in [0.4, 0.5) is 0 Å². The molecule has 1 aromatic carbocycles. The average Bonchev–Trinajstić information content (AvgIpc) is 2.73. The van der Waals surface area contributed by atoms with Crippen molar-refractivity contribution in [2.45, 2.75) is 32.7 Å². The molecule has 0 saturated carbocycles. The van der Waals surface area contributed by atoms with E-state index in [0.29, 0.717) is 6.42 Å². The number of hydrogen-bond acceptors (Lipinski definition) is 3. The predicted molar refractivity (Wildman–Crippen MR) is 78.3 cm³/mol. The molecule has 96 valence electrons. The van der Waals surface area contributed by atoms with E-state index in [1.165, 1.54) is 10.1 Å². The molecule has 1 N–H and O–H groups in total. The van der Waals surface area contributed by atoms with Gasteiger partial charge in [0.25, 0.3) is 0 Å². The van der Waals surface area contributed by atoms with Crippen molar-refractivity contribution in [3.05, 3.63) is 35.2 Å². The predicted octanol–water partition coefficient (Wildman–Crippen LogP) is 3.40. The Hall–Kier alpha value is -1.19. The van der Waals surface area contributed by atoms with Crippen LogP contribution in [0.1, 0.15) is 26.3 Å². The monoisotopic (exact) mass is 261 g/mol. The lowest BCUT2D eigenvalue weighted by Crippen LogP contribution is -2.47. The van der Waals surface area contributed by atoms with Crippen LogP contribution < -0.4 is 5.32 Å². The molecule has 2 nitrogen and oxygen atoms in total. The molecule has 1 aromatic heterocycles. The minimum absolute atomic E-state index is 0.243. The lowest BCUT2D eigenvalue weighted by atomic mass is 9.93. The SMILES string of the molecule is CCNC(C)(C)C(=O)Cc1csc2ccccc12. The van der Waals surface area contributed by atoms with Crippen molar-refractivity contribution >= 4 is 27.2 Å². The van der Waals surface area contributed by atoms with Crippen LogP contribution in [0.3, 0.4) is 0 Å². The quantitative estimate of drug-likeness (QED) is 0.893. The van der Waals surface area contributed by atoms with Gasteiger partial charge in [0, 0.05) is 11.1 Å². The second-order valence-corrected chi connectivity index (χ2v) is 5.92. The molecule has 0 spiro atoms. The van der Waals surface area contributed by atoms with Gasteiger partial charge in [0.1, 0.15) is 0 Å². The van der Waals surface area contributed by atoms with E-state index in [0.717, 1.165) is 12.1 Å². The summed E-state index contributed by atoms with van der Waals surface area (Å²) in [7, 11) is 0. The Balaban J connectivity index is 2.21. The summed E-state index contributed by atoms with van der Waals surface area (Å²) in [6.45, 7) is 6.74. The number of likely N-dealkylation sites (N-methyl/N-ethyl adjacent to an activating group) is 1. The summed E-state index contributed by atoms with van der Waals surface area (Å²) in [5, 5.41) is 6.55. The molecule has 0 amide bonds. The van der Waals surface area contributed by atoms with Crippen molar-refractivity contribution in [3.8, 4) is 0 Å². The zero-order valence-corrected chi connectivity index (χ0v) is 11.9. The first-order valence-electron chi connectivity index (χ1n) is 6.28. The Morgan fingerprint density at radius 1 is 1.33 bits per heavy atom. The van der Waals surface area contributed by atoms with E-state index >= 15 is 0 Å². The van der Waals surface area contributed by atoms with Crippen LogP contribution in [-0.2, 0) is 11.2 Å². The fourth-order valence-corrected chi connectivity index (χ4v) is 3.07. The van der Waals surface area contributed by atoms with E-state index < -0.39 is 5.54 Å². The molecule has 3 heteroatoms. The zero-order chi connectivity index (χ0) is 13.2. The third kappa shape index (κ3) is 2.62. The Labute approximate surface area is 112 Å². The summed E-state index contributed by atoms with van der Waals surface area (Å²) in [5.74, 6) is 0.243. The summed E-state index contributed by atoms with van der Waals surface area (Å²) in [4.78, 5) is 12.3. The molecule has 0 radical (unpaired) electrons. The highest BCUT2D eigenvalue weighted by atomic mass is 32.1. The normalized spacial score (nSPS) is 11.9. The number of thiophene rings is 1. The maximum absolute atomic E-state index is 12.3. The van der Waals surface area contributed by atoms with Gasteiger partial charge in [0.15, 0.2) is 5.78 Å². The van der Waals surface area contributed by atoms with E-state index in [2.05, 4.69) is 22.8 Å². The second-order valence-electron chi connectivity index (χ2n) is 5.01. The Morgan fingerprint density at radius 3 is 2.78 bits per heavy atom. The standard InChI is InChI=1S/C15H19NOS/c1-4-16-15(2,3)14(17)9-11-10-18-13-8-6-5-7-12(11)13/h5-8,10,16H,4,9H2,1-3H3. The van der Waals surface area contributed by atoms with Gasteiger partial charge in [0.05, 0.1) is 5.54 Å². The molecule has 0 bridgehead atoms. The van der Waals surface area contributed by atoms with Gasteiger partial charge in [-0.3, -0.25) is 4.79 Å². The Morgan fingerprint density at radius 2 is 2.06 bits per heavy atom. The molecule has 18 heavy (non-hydrogen) atoms. The van der Waals surface area contributed by atoms with Gasteiger partial charge < -0.3 is 5.32 Å². The number of ketones is 1. The number of rotatable bonds is 5. The van der Waals surface area contributed by atoms with E-state index in [4.69, 9.17) is 0 Å². The number of fused-ring (bicyclic) bond motifs is 1. The number of carbonyl (C=O) groups is 1. The van der Waals surface area contributed by atoms with E-state index in [9.17, 15) is 4.79 Å². The minimum Gasteiger partial charge on any atom is -0.306 e. The number of benzene rings is 1. The van der Waals surface area contributed by atoms with Crippen LogP contribution in [0.15, 0.2) is 29.6 Å². The smallest absolute Gasteiger partial charge is 0.156 e. The van der Waals surface area contributed by atoms with Gasteiger partial charge in [0.2, 0.25) is 0 Å². The maximum Gasteiger partial charge on any atom is 0.156 e. The van der Waals surface area contributed by atoms with Crippen LogP contribution in [0.25, 0.3) is 10.1 Å². The second kappa shape index (κ2) is 5.21. The van der Waals surface area contributed by atoms with Gasteiger partial charge in [-0.05, 0) is 42.8 Å². The highest BCUT2D eigenvalue weighted by molar-refractivity contribution is 7.17. The summed E-state index contributed by atoms with van der Waals surface area (Å²) in [6, 6.07) is 8.25. The molecule has 0 fully saturated rings. The highest BCUT2D eigenvalue weighted by Crippen LogP contribution is 2.26. The molecule has 0 unspecified atom stereocenters. The lowest BCUT2D eigenvalue weighted by molar-refractivity contribution is -0.123. The van der Waals surface area contributed by atoms with Crippen molar-refractivity contribution in [1.29, 1.82) is 0 Å². The molecule has 0 aliphatic rings. The summed E-state index contributed by atoms with van der Waals surface area (Å²) in [6.07, 6.45) is 0.504. The minimum atomic E-state index is -0.447. The van der Waals surface area contributed by atoms with E-state index in [1.807, 2.05) is 32.9 Å². The van der Waals surface area contributed by atoms with Crippen molar-refractivity contribution in [2.75, 3.05) is 6.54 Å². The van der Waals surface area contributed by atoms with Gasteiger partial charge in [-0.1, -0.05) is 25.1 Å². The highest BCUT2D eigenvalue weighted by Gasteiger charge is 2.26. The molecule has 2 aromatic rings. The van der Waals surface area contributed by atoms with Crippen molar-refractivity contribution in [3.63, 3.8) is 0 Å². The topological polar surface area (TPSA) is 29.1 Å². The Kier molecular flexibility index (Phi) is 3.83. The number of Topliss-reactive ketones (excluding diaryl/α,β-unsaturated/α-hetero) is 1. The van der Waals surface area contributed by atoms with Crippen molar-refractivity contribution in [1.82, 2.24) is 5.32 Å². The lowest BCUT2D eigenvalue weighted by Gasteiger charge is -2.23. The number of carbonyl (C=O) groups excluding carboxylic acids is 1. The van der Waals surface area contributed by atoms with Gasteiger partial charge in [-0.2, -0.15) is 0 Å². The van der Waals surface area contributed by atoms with E-state index in [1.54, 1.807) is 11.3 Å². The molecule has 2 rings (SSSR count). The third-order valence-electron chi connectivity index (χ3n) is 3.23. The van der Waals surface area contributed by atoms with Crippen LogP contribution in [-0.4, -0.2) is 17.9 Å². The largest absolute Gasteiger partial charge is 0.306 e. The number of nitrogens with one attached hydrogen (secondary N) is 1. The molecule has 0 saturated heterocycles. The first-order chi connectivity index (χ1) is 8.54. The Bertz CT molecular complexity index is 556. The van der Waals surface area contributed by atoms with E-state index in [-0.39, 0.29) is 5.78 Å². The van der Waals surface area contributed by atoms with Gasteiger partial charge in [-0.25, -0.2) is 0 Å². The zero-order valence-electron chi connectivity index (χ0n) is 11.1. The summed E-state index contributed by atoms with van der Waals surface area (Å²) >= 11 is 1.71.